The van der Waals surface area contributed by atoms with Gasteiger partial charge in [0.25, 0.3) is 0 Å². The highest BCUT2D eigenvalue weighted by Crippen LogP contribution is 2.49. The van der Waals surface area contributed by atoms with Crippen molar-refractivity contribution in [2.45, 2.75) is 32.2 Å². The fourth-order valence-corrected chi connectivity index (χ4v) is 5.78. The highest BCUT2D eigenvalue weighted by molar-refractivity contribution is 5.95. The molecule has 4 unspecified atom stereocenters. The second-order valence-corrected chi connectivity index (χ2v) is 10.5. The minimum Gasteiger partial charge on any atom is -0.482 e. The lowest BCUT2D eigenvalue weighted by atomic mass is 9.87. The number of hydrogen-bond donors (Lipinski definition) is 0. The van der Waals surface area contributed by atoms with Crippen LogP contribution in [0, 0.1) is 17.8 Å². The largest absolute Gasteiger partial charge is 0.482 e. The summed E-state index contributed by atoms with van der Waals surface area (Å²) in [5.74, 6) is 0.908. The standard InChI is InChI=1S/C32H36N2O4/c1-33(2)27-15-13-25(14-16-27)24-10-7-22(8-11-24)20-34(32(36)30-18-23-9-12-26(30)17-23)28-5-4-6-29(19-28)38-21-31(35)37-3/h4-8,10-11,13-16,19,23,26,30H,9,12,17-18,20-21H2,1-3H3/i20D. The number of fused-ring (bicyclic) bond motifs is 2. The number of ether oxygens (including phenoxy) is 2. The lowest BCUT2D eigenvalue weighted by molar-refractivity contribution is -0.142. The maximum absolute atomic E-state index is 14.0. The van der Waals surface area contributed by atoms with Crippen LogP contribution in [0.3, 0.4) is 0 Å². The molecule has 0 aromatic heterocycles. The van der Waals surface area contributed by atoms with E-state index < -0.39 is 12.5 Å². The summed E-state index contributed by atoms with van der Waals surface area (Å²) < 4.78 is 19.5. The molecule has 0 saturated heterocycles. The molecule has 0 aliphatic heterocycles. The van der Waals surface area contributed by atoms with Gasteiger partial charge in [0.15, 0.2) is 6.61 Å². The second kappa shape index (κ2) is 11.3. The predicted molar refractivity (Wildman–Crippen MR) is 150 cm³/mol. The molecule has 0 N–H and O–H groups in total. The molecule has 1 amide bonds. The molecule has 2 fully saturated rings. The third-order valence-corrected chi connectivity index (χ3v) is 7.88. The molecule has 0 heterocycles. The summed E-state index contributed by atoms with van der Waals surface area (Å²) in [4.78, 5) is 29.3. The summed E-state index contributed by atoms with van der Waals surface area (Å²) in [6.07, 6.45) is 4.29. The van der Waals surface area contributed by atoms with Gasteiger partial charge < -0.3 is 19.3 Å². The minimum atomic E-state index is -0.919. The van der Waals surface area contributed by atoms with Gasteiger partial charge in [0, 0.05) is 37.5 Å². The summed E-state index contributed by atoms with van der Waals surface area (Å²) in [6, 6.07) is 23.3. The quantitative estimate of drug-likeness (QED) is 0.332. The van der Waals surface area contributed by atoms with Crippen LogP contribution in [0.2, 0.25) is 0 Å². The average molecular weight is 514 g/mol. The fourth-order valence-electron chi connectivity index (χ4n) is 5.78. The molecule has 3 aromatic carbocycles. The van der Waals surface area contributed by atoms with Crippen LogP contribution in [0.25, 0.3) is 11.1 Å². The van der Waals surface area contributed by atoms with E-state index in [0.29, 0.717) is 23.3 Å². The van der Waals surface area contributed by atoms with E-state index in [0.717, 1.165) is 41.6 Å². The molecular weight excluding hydrogens is 476 g/mol. The number of anilines is 2. The van der Waals surface area contributed by atoms with Gasteiger partial charge in [0.05, 0.1) is 15.0 Å². The van der Waals surface area contributed by atoms with E-state index in [2.05, 4.69) is 33.9 Å². The molecule has 2 aliphatic carbocycles. The van der Waals surface area contributed by atoms with Gasteiger partial charge in [-0.25, -0.2) is 4.79 Å². The van der Waals surface area contributed by atoms with Crippen molar-refractivity contribution in [3.05, 3.63) is 78.4 Å². The molecule has 2 saturated carbocycles. The topological polar surface area (TPSA) is 59.1 Å². The van der Waals surface area contributed by atoms with Gasteiger partial charge in [-0.15, -0.1) is 0 Å². The fraction of sp³-hybridized carbons (Fsp3) is 0.375. The number of nitrogens with zero attached hydrogens (tertiary/aromatic N) is 2. The van der Waals surface area contributed by atoms with Crippen molar-refractivity contribution in [2.75, 3.05) is 37.6 Å². The van der Waals surface area contributed by atoms with Crippen LogP contribution in [0.15, 0.2) is 72.8 Å². The van der Waals surface area contributed by atoms with Crippen molar-refractivity contribution < 1.29 is 20.4 Å². The Morgan fingerprint density at radius 1 is 0.921 bits per heavy atom. The van der Waals surface area contributed by atoms with Crippen molar-refractivity contribution in [3.8, 4) is 16.9 Å². The Kier molecular flexibility index (Phi) is 7.29. The summed E-state index contributed by atoms with van der Waals surface area (Å²) in [5.41, 5.74) is 4.61. The highest BCUT2D eigenvalue weighted by Gasteiger charge is 2.44. The number of amides is 1. The summed E-state index contributed by atoms with van der Waals surface area (Å²) in [6.45, 7) is -1.14. The normalized spacial score (nSPS) is 20.9. The number of carbonyl (C=O) groups is 2. The lowest BCUT2D eigenvalue weighted by Crippen LogP contribution is -2.38. The van der Waals surface area contributed by atoms with E-state index in [1.54, 1.807) is 23.1 Å². The molecule has 198 valence electrons. The first kappa shape index (κ1) is 24.5. The summed E-state index contributed by atoms with van der Waals surface area (Å²) in [7, 11) is 5.35. The number of hydrogen-bond acceptors (Lipinski definition) is 5. The molecule has 2 bridgehead atoms. The first-order valence-corrected chi connectivity index (χ1v) is 13.3. The Morgan fingerprint density at radius 2 is 1.63 bits per heavy atom. The van der Waals surface area contributed by atoms with Crippen LogP contribution >= 0.6 is 0 Å². The molecule has 6 nitrogen and oxygen atoms in total. The number of esters is 1. The van der Waals surface area contributed by atoms with Crippen molar-refractivity contribution >= 4 is 23.3 Å². The monoisotopic (exact) mass is 513 g/mol. The zero-order chi connectivity index (χ0) is 27.5. The van der Waals surface area contributed by atoms with Crippen LogP contribution in [0.1, 0.15) is 32.6 Å². The number of benzene rings is 3. The van der Waals surface area contributed by atoms with E-state index >= 15 is 0 Å². The SMILES string of the molecule is [2H]C(c1ccc(-c2ccc(N(C)C)cc2)cc1)N(C(=O)C1CC2CCC1C2)c1cccc(OCC(=O)OC)c1. The number of methoxy groups -OCH3 is 1. The van der Waals surface area contributed by atoms with Gasteiger partial charge in [-0.05, 0) is 72.1 Å². The lowest BCUT2D eigenvalue weighted by Gasteiger charge is -2.30. The molecule has 38 heavy (non-hydrogen) atoms. The molecule has 2 aliphatic rings. The Labute approximate surface area is 226 Å². The maximum atomic E-state index is 14.0. The van der Waals surface area contributed by atoms with E-state index in [1.807, 2.05) is 44.4 Å². The summed E-state index contributed by atoms with van der Waals surface area (Å²) in [5, 5.41) is 0. The Bertz CT molecular complexity index is 1310. The molecule has 5 rings (SSSR count). The Hall–Kier alpha value is -3.80. The van der Waals surface area contributed by atoms with Crippen molar-refractivity contribution in [1.29, 1.82) is 0 Å². The van der Waals surface area contributed by atoms with Crippen LogP contribution in [-0.4, -0.2) is 39.7 Å². The molecular formula is C32H36N2O4. The van der Waals surface area contributed by atoms with Crippen molar-refractivity contribution in [2.24, 2.45) is 17.8 Å². The molecule has 6 heteroatoms. The second-order valence-electron chi connectivity index (χ2n) is 10.5. The number of carbonyl (C=O) groups excluding carboxylic acids is 2. The van der Waals surface area contributed by atoms with Gasteiger partial charge in [0.2, 0.25) is 5.91 Å². The van der Waals surface area contributed by atoms with E-state index in [-0.39, 0.29) is 18.4 Å². The Morgan fingerprint density at radius 3 is 2.24 bits per heavy atom. The Balaban J connectivity index is 1.42. The number of rotatable bonds is 9. The maximum Gasteiger partial charge on any atom is 0.343 e. The molecule has 3 aromatic rings. The van der Waals surface area contributed by atoms with Gasteiger partial charge in [-0.1, -0.05) is 48.9 Å². The van der Waals surface area contributed by atoms with Crippen LogP contribution in [-0.2, 0) is 20.8 Å². The van der Waals surface area contributed by atoms with Gasteiger partial charge >= 0.3 is 5.97 Å². The predicted octanol–water partition coefficient (Wildman–Crippen LogP) is 5.94. The van der Waals surface area contributed by atoms with Crippen LogP contribution in [0.5, 0.6) is 5.75 Å². The highest BCUT2D eigenvalue weighted by atomic mass is 16.6. The zero-order valence-electron chi connectivity index (χ0n) is 23.3. The van der Waals surface area contributed by atoms with Gasteiger partial charge in [-0.2, -0.15) is 0 Å². The minimum absolute atomic E-state index is 0.00401. The average Bonchev–Trinajstić information content (AvgIpc) is 3.60. The van der Waals surface area contributed by atoms with Gasteiger partial charge in [-0.3, -0.25) is 4.79 Å². The van der Waals surface area contributed by atoms with Gasteiger partial charge in [0.1, 0.15) is 5.75 Å². The van der Waals surface area contributed by atoms with Crippen LogP contribution < -0.4 is 14.5 Å². The smallest absolute Gasteiger partial charge is 0.343 e. The molecule has 4 atom stereocenters. The molecule has 0 spiro atoms. The van der Waals surface area contributed by atoms with E-state index in [4.69, 9.17) is 4.74 Å². The first-order chi connectivity index (χ1) is 18.8. The van der Waals surface area contributed by atoms with Crippen molar-refractivity contribution in [3.63, 3.8) is 0 Å². The van der Waals surface area contributed by atoms with Crippen LogP contribution in [0.4, 0.5) is 11.4 Å². The third-order valence-electron chi connectivity index (χ3n) is 7.88. The zero-order valence-corrected chi connectivity index (χ0v) is 22.3. The van der Waals surface area contributed by atoms with E-state index in [1.165, 1.54) is 13.5 Å². The molecule has 0 radical (unpaired) electrons. The van der Waals surface area contributed by atoms with Crippen molar-refractivity contribution in [1.82, 2.24) is 0 Å². The summed E-state index contributed by atoms with van der Waals surface area (Å²) >= 11 is 0. The third kappa shape index (κ3) is 5.69. The van der Waals surface area contributed by atoms with E-state index in [9.17, 15) is 11.0 Å². The first-order valence-electron chi connectivity index (χ1n) is 13.8.